The molecule has 3 rings (SSSR count). The number of fused-ring (bicyclic) bond motifs is 3. The molecule has 0 saturated heterocycles. The van der Waals surface area contributed by atoms with Gasteiger partial charge in [-0.05, 0) is 47.3 Å². The van der Waals surface area contributed by atoms with Crippen LogP contribution < -0.4 is 4.74 Å². The molecule has 0 spiro atoms. The van der Waals surface area contributed by atoms with E-state index in [4.69, 9.17) is 4.74 Å². The van der Waals surface area contributed by atoms with Crippen molar-refractivity contribution < 1.29 is 19.7 Å². The molecule has 120 valence electrons. The van der Waals surface area contributed by atoms with E-state index in [1.165, 1.54) is 7.11 Å². The number of aliphatic hydroxyl groups is 1. The summed E-state index contributed by atoms with van der Waals surface area (Å²) >= 11 is 0. The average molecular weight is 304 g/mol. The predicted octanol–water partition coefficient (Wildman–Crippen LogP) is 3.04. The molecule has 0 aliphatic heterocycles. The molecule has 0 radical (unpaired) electrons. The number of carbonyl (C=O) groups is 1. The van der Waals surface area contributed by atoms with Crippen molar-refractivity contribution in [3.63, 3.8) is 0 Å². The maximum absolute atomic E-state index is 12.6. The van der Waals surface area contributed by atoms with E-state index in [2.05, 4.69) is 6.92 Å². The van der Waals surface area contributed by atoms with Crippen LogP contribution in [0.5, 0.6) is 11.5 Å². The standard InChI is InChI=1S/C18H24O4/c1-17(2)15-9-12(19)10-7-14(22-4)13(20)8-11(10)18(15,3)6-5-16(17)21/h7-8,15-16,20-21H,5-6,9H2,1-4H3/t15-,16+,18-/m0/s1. The highest BCUT2D eigenvalue weighted by molar-refractivity contribution is 6.00. The lowest BCUT2D eigenvalue weighted by Gasteiger charge is -2.55. The quantitative estimate of drug-likeness (QED) is 0.837. The fourth-order valence-corrected chi connectivity index (χ4v) is 4.58. The van der Waals surface area contributed by atoms with Crippen molar-refractivity contribution in [2.45, 2.75) is 51.6 Å². The van der Waals surface area contributed by atoms with Crippen LogP contribution in [0.4, 0.5) is 0 Å². The van der Waals surface area contributed by atoms with E-state index in [9.17, 15) is 15.0 Å². The van der Waals surface area contributed by atoms with Gasteiger partial charge in [-0.1, -0.05) is 20.8 Å². The van der Waals surface area contributed by atoms with Crippen LogP contribution in [0, 0.1) is 11.3 Å². The van der Waals surface area contributed by atoms with Crippen LogP contribution in [-0.4, -0.2) is 29.2 Å². The highest BCUT2D eigenvalue weighted by Crippen LogP contribution is 2.57. The van der Waals surface area contributed by atoms with Gasteiger partial charge in [0.05, 0.1) is 13.2 Å². The van der Waals surface area contributed by atoms with Crippen LogP contribution in [0.2, 0.25) is 0 Å². The van der Waals surface area contributed by atoms with Crippen molar-refractivity contribution in [1.29, 1.82) is 0 Å². The Morgan fingerprint density at radius 3 is 2.59 bits per heavy atom. The fraction of sp³-hybridized carbons (Fsp3) is 0.611. The lowest BCUT2D eigenvalue weighted by atomic mass is 9.49. The minimum Gasteiger partial charge on any atom is -0.504 e. The summed E-state index contributed by atoms with van der Waals surface area (Å²) in [6.07, 6.45) is 1.56. The SMILES string of the molecule is COc1cc2c(cc1O)[C@]1(C)CC[C@@H](O)C(C)(C)[C@@H]1CC2=O. The Bertz CT molecular complexity index is 634. The molecule has 1 aromatic carbocycles. The highest BCUT2D eigenvalue weighted by Gasteiger charge is 2.55. The number of benzene rings is 1. The summed E-state index contributed by atoms with van der Waals surface area (Å²) in [4.78, 5) is 12.6. The number of aromatic hydroxyl groups is 1. The number of ether oxygens (including phenoxy) is 1. The molecule has 0 amide bonds. The zero-order valence-corrected chi connectivity index (χ0v) is 13.6. The van der Waals surface area contributed by atoms with Crippen molar-refractivity contribution in [3.05, 3.63) is 23.3 Å². The molecule has 2 aliphatic rings. The third-order valence-electron chi connectivity index (χ3n) is 6.09. The summed E-state index contributed by atoms with van der Waals surface area (Å²) in [5.74, 6) is 0.540. The van der Waals surface area contributed by atoms with E-state index in [1.54, 1.807) is 12.1 Å². The molecular formula is C18H24O4. The van der Waals surface area contributed by atoms with Crippen LogP contribution in [-0.2, 0) is 5.41 Å². The van der Waals surface area contributed by atoms with Gasteiger partial charge in [0.1, 0.15) is 0 Å². The van der Waals surface area contributed by atoms with Crippen LogP contribution in [0.15, 0.2) is 12.1 Å². The number of phenolic OH excluding ortho intramolecular Hbond substituents is 1. The summed E-state index contributed by atoms with van der Waals surface area (Å²) in [5, 5.41) is 20.5. The molecular weight excluding hydrogens is 280 g/mol. The molecule has 4 heteroatoms. The molecule has 1 aromatic rings. The summed E-state index contributed by atoms with van der Waals surface area (Å²) in [6, 6.07) is 3.35. The van der Waals surface area contributed by atoms with E-state index in [1.807, 2.05) is 13.8 Å². The molecule has 2 aliphatic carbocycles. The second-order valence-electron chi connectivity index (χ2n) is 7.54. The van der Waals surface area contributed by atoms with E-state index >= 15 is 0 Å². The molecule has 1 fully saturated rings. The number of methoxy groups -OCH3 is 1. The smallest absolute Gasteiger partial charge is 0.163 e. The second kappa shape index (κ2) is 4.72. The maximum atomic E-state index is 12.6. The molecule has 1 saturated carbocycles. The third-order valence-corrected chi connectivity index (χ3v) is 6.09. The van der Waals surface area contributed by atoms with E-state index in [-0.39, 0.29) is 28.3 Å². The largest absolute Gasteiger partial charge is 0.504 e. The van der Waals surface area contributed by atoms with Crippen molar-refractivity contribution in [2.75, 3.05) is 7.11 Å². The lowest BCUT2D eigenvalue weighted by molar-refractivity contribution is -0.0687. The molecule has 0 heterocycles. The molecule has 0 unspecified atom stereocenters. The summed E-state index contributed by atoms with van der Waals surface area (Å²) in [5.41, 5.74) is 1.01. The van der Waals surface area contributed by atoms with Gasteiger partial charge in [-0.2, -0.15) is 0 Å². The van der Waals surface area contributed by atoms with Gasteiger partial charge >= 0.3 is 0 Å². The Balaban J connectivity index is 2.20. The minimum absolute atomic E-state index is 0.0662. The zero-order chi connectivity index (χ0) is 16.3. The van der Waals surface area contributed by atoms with Gasteiger partial charge in [0.25, 0.3) is 0 Å². The van der Waals surface area contributed by atoms with Crippen LogP contribution in [0.3, 0.4) is 0 Å². The van der Waals surface area contributed by atoms with Crippen molar-refractivity contribution in [2.24, 2.45) is 11.3 Å². The van der Waals surface area contributed by atoms with Crippen molar-refractivity contribution in [1.82, 2.24) is 0 Å². The van der Waals surface area contributed by atoms with Gasteiger partial charge in [-0.3, -0.25) is 4.79 Å². The molecule has 0 aromatic heterocycles. The first-order chi connectivity index (χ1) is 10.2. The average Bonchev–Trinajstić information content (AvgIpc) is 2.46. The van der Waals surface area contributed by atoms with Crippen molar-refractivity contribution in [3.8, 4) is 11.5 Å². The van der Waals surface area contributed by atoms with Gasteiger partial charge in [0.2, 0.25) is 0 Å². The number of Topliss-reactive ketones (excluding diaryl/α,β-unsaturated/α-hetero) is 1. The molecule has 4 nitrogen and oxygen atoms in total. The summed E-state index contributed by atoms with van der Waals surface area (Å²) in [7, 11) is 1.49. The molecule has 3 atom stereocenters. The normalized spacial score (nSPS) is 33.0. The van der Waals surface area contributed by atoms with Gasteiger partial charge < -0.3 is 14.9 Å². The number of ketones is 1. The van der Waals surface area contributed by atoms with Crippen LogP contribution >= 0.6 is 0 Å². The predicted molar refractivity (Wildman–Crippen MR) is 83.5 cm³/mol. The van der Waals surface area contributed by atoms with Gasteiger partial charge in [0.15, 0.2) is 17.3 Å². The monoisotopic (exact) mass is 304 g/mol. The van der Waals surface area contributed by atoms with Gasteiger partial charge in [-0.25, -0.2) is 0 Å². The summed E-state index contributed by atoms with van der Waals surface area (Å²) < 4.78 is 5.14. The minimum atomic E-state index is -0.397. The first-order valence-corrected chi connectivity index (χ1v) is 7.84. The zero-order valence-electron chi connectivity index (χ0n) is 13.6. The summed E-state index contributed by atoms with van der Waals surface area (Å²) in [6.45, 7) is 6.24. The van der Waals surface area contributed by atoms with Crippen LogP contribution in [0.25, 0.3) is 0 Å². The van der Waals surface area contributed by atoms with Crippen molar-refractivity contribution >= 4 is 5.78 Å². The number of aliphatic hydroxyl groups excluding tert-OH is 1. The van der Waals surface area contributed by atoms with Gasteiger partial charge in [0, 0.05) is 12.0 Å². The second-order valence-corrected chi connectivity index (χ2v) is 7.54. The number of rotatable bonds is 1. The number of hydrogen-bond donors (Lipinski definition) is 2. The Hall–Kier alpha value is -1.55. The molecule has 2 N–H and O–H groups in total. The van der Waals surface area contributed by atoms with E-state index in [0.29, 0.717) is 24.2 Å². The fourth-order valence-electron chi connectivity index (χ4n) is 4.58. The first-order valence-electron chi connectivity index (χ1n) is 7.84. The number of hydrogen-bond acceptors (Lipinski definition) is 4. The topological polar surface area (TPSA) is 66.8 Å². The van der Waals surface area contributed by atoms with Gasteiger partial charge in [-0.15, -0.1) is 0 Å². The highest BCUT2D eigenvalue weighted by atomic mass is 16.5. The Morgan fingerprint density at radius 1 is 1.27 bits per heavy atom. The van der Waals surface area contributed by atoms with E-state index < -0.39 is 6.10 Å². The Morgan fingerprint density at radius 2 is 1.95 bits per heavy atom. The number of carbonyl (C=O) groups excluding carboxylic acids is 1. The number of phenols is 1. The van der Waals surface area contributed by atoms with Crippen LogP contribution in [0.1, 0.15) is 56.0 Å². The maximum Gasteiger partial charge on any atom is 0.163 e. The molecule has 22 heavy (non-hydrogen) atoms. The molecule has 0 bridgehead atoms. The first kappa shape index (κ1) is 15.3. The van der Waals surface area contributed by atoms with E-state index in [0.717, 1.165) is 12.0 Å². The Labute approximate surface area is 131 Å². The third kappa shape index (κ3) is 1.89. The lowest BCUT2D eigenvalue weighted by Crippen LogP contribution is -2.54. The Kier molecular flexibility index (Phi) is 3.29.